The Hall–Kier alpha value is -0.900. The molecule has 0 radical (unpaired) electrons. The summed E-state index contributed by atoms with van der Waals surface area (Å²) in [6.07, 6.45) is 0. The van der Waals surface area contributed by atoms with Crippen LogP contribution in [0.5, 0.6) is 0 Å². The predicted molar refractivity (Wildman–Crippen MR) is 84.2 cm³/mol. The van der Waals surface area contributed by atoms with Crippen LogP contribution in [-0.4, -0.2) is 55.1 Å². The Balaban J connectivity index is 1.58. The molecule has 2 aliphatic rings. The molecule has 0 aliphatic carbocycles. The first-order valence-electron chi connectivity index (χ1n) is 7.87. The van der Waals surface area contributed by atoms with Gasteiger partial charge >= 0.3 is 0 Å². The van der Waals surface area contributed by atoms with E-state index in [2.05, 4.69) is 48.0 Å². The van der Waals surface area contributed by atoms with Crippen molar-refractivity contribution in [3.63, 3.8) is 0 Å². The van der Waals surface area contributed by atoms with Gasteiger partial charge < -0.3 is 5.32 Å². The third kappa shape index (κ3) is 2.90. The van der Waals surface area contributed by atoms with E-state index in [1.165, 1.54) is 61.5 Å². The van der Waals surface area contributed by atoms with Crippen molar-refractivity contribution in [2.45, 2.75) is 33.4 Å². The van der Waals surface area contributed by atoms with E-state index >= 15 is 0 Å². The summed E-state index contributed by atoms with van der Waals surface area (Å²) in [5, 5.41) is 3.37. The van der Waals surface area contributed by atoms with Crippen molar-refractivity contribution in [2.75, 3.05) is 39.3 Å². The molecule has 0 amide bonds. The van der Waals surface area contributed by atoms with Crippen LogP contribution >= 0.6 is 0 Å². The highest BCUT2D eigenvalue weighted by Gasteiger charge is 2.27. The van der Waals surface area contributed by atoms with Gasteiger partial charge in [-0.15, -0.1) is 0 Å². The van der Waals surface area contributed by atoms with Gasteiger partial charge in [0.25, 0.3) is 0 Å². The van der Waals surface area contributed by atoms with Gasteiger partial charge in [-0.25, -0.2) is 0 Å². The smallest absolute Gasteiger partial charge is 0.0346 e. The molecule has 0 unspecified atom stereocenters. The number of nitrogens with zero attached hydrogens (tertiary/aromatic N) is 2. The minimum absolute atomic E-state index is 0.806. The van der Waals surface area contributed by atoms with Crippen molar-refractivity contribution in [3.05, 3.63) is 34.4 Å². The van der Waals surface area contributed by atoms with E-state index in [0.717, 1.165) is 12.6 Å². The van der Waals surface area contributed by atoms with Crippen LogP contribution in [0, 0.1) is 20.8 Å². The highest BCUT2D eigenvalue weighted by molar-refractivity contribution is 5.36. The van der Waals surface area contributed by atoms with Gasteiger partial charge in [-0.2, -0.15) is 0 Å². The van der Waals surface area contributed by atoms with Gasteiger partial charge in [0.15, 0.2) is 0 Å². The molecule has 0 spiro atoms. The van der Waals surface area contributed by atoms with Crippen molar-refractivity contribution < 1.29 is 0 Å². The zero-order valence-electron chi connectivity index (χ0n) is 13.1. The van der Waals surface area contributed by atoms with Gasteiger partial charge in [0, 0.05) is 51.9 Å². The molecule has 1 aromatic carbocycles. The zero-order valence-corrected chi connectivity index (χ0v) is 13.1. The zero-order chi connectivity index (χ0) is 14.1. The molecule has 20 heavy (non-hydrogen) atoms. The molecular weight excluding hydrogens is 246 g/mol. The summed E-state index contributed by atoms with van der Waals surface area (Å²) < 4.78 is 0. The van der Waals surface area contributed by atoms with Crippen molar-refractivity contribution in [1.29, 1.82) is 0 Å². The van der Waals surface area contributed by atoms with E-state index in [4.69, 9.17) is 0 Å². The summed E-state index contributed by atoms with van der Waals surface area (Å²) in [5.74, 6) is 0. The van der Waals surface area contributed by atoms with E-state index in [1.807, 2.05) is 0 Å². The molecule has 2 heterocycles. The highest BCUT2D eigenvalue weighted by atomic mass is 15.3. The average molecular weight is 273 g/mol. The van der Waals surface area contributed by atoms with E-state index in [9.17, 15) is 0 Å². The van der Waals surface area contributed by atoms with E-state index in [-0.39, 0.29) is 0 Å². The second-order valence-corrected chi connectivity index (χ2v) is 6.49. The van der Waals surface area contributed by atoms with Gasteiger partial charge in [0.05, 0.1) is 0 Å². The lowest BCUT2D eigenvalue weighted by molar-refractivity contribution is 0.0695. The van der Waals surface area contributed by atoms with Crippen molar-refractivity contribution in [3.8, 4) is 0 Å². The van der Waals surface area contributed by atoms with Crippen LogP contribution in [0.15, 0.2) is 12.1 Å². The molecule has 110 valence electrons. The topological polar surface area (TPSA) is 18.5 Å². The maximum atomic E-state index is 3.37. The van der Waals surface area contributed by atoms with Gasteiger partial charge in [0.2, 0.25) is 0 Å². The fraction of sp³-hybridized carbons (Fsp3) is 0.647. The lowest BCUT2D eigenvalue weighted by atomic mass is 10.00. The second kappa shape index (κ2) is 5.84. The summed E-state index contributed by atoms with van der Waals surface area (Å²) in [6, 6.07) is 5.52. The quantitative estimate of drug-likeness (QED) is 0.904. The molecule has 0 saturated carbocycles. The van der Waals surface area contributed by atoms with Crippen LogP contribution in [0.4, 0.5) is 0 Å². The van der Waals surface area contributed by atoms with E-state index in [1.54, 1.807) is 0 Å². The number of aryl methyl sites for hydroxylation is 3. The minimum atomic E-state index is 0.806. The second-order valence-electron chi connectivity index (χ2n) is 6.49. The third-order valence-corrected chi connectivity index (χ3v) is 5.03. The van der Waals surface area contributed by atoms with Crippen LogP contribution in [0.2, 0.25) is 0 Å². The van der Waals surface area contributed by atoms with Crippen LogP contribution in [0.25, 0.3) is 0 Å². The molecule has 0 aromatic heterocycles. The maximum Gasteiger partial charge on any atom is 0.0346 e. The SMILES string of the molecule is Cc1cc(C)c(CN2CCN(C3CNC3)CC2)cc1C. The minimum Gasteiger partial charge on any atom is -0.314 e. The van der Waals surface area contributed by atoms with Crippen molar-refractivity contribution in [1.82, 2.24) is 15.1 Å². The lowest BCUT2D eigenvalue weighted by Gasteiger charge is -2.43. The molecule has 0 atom stereocenters. The fourth-order valence-corrected chi connectivity index (χ4v) is 3.25. The number of hydrogen-bond donors (Lipinski definition) is 1. The van der Waals surface area contributed by atoms with Gasteiger partial charge in [0.1, 0.15) is 0 Å². The van der Waals surface area contributed by atoms with Crippen molar-refractivity contribution >= 4 is 0 Å². The Kier molecular flexibility index (Phi) is 4.11. The summed E-state index contributed by atoms with van der Waals surface area (Å²) >= 11 is 0. The standard InChI is InChI=1S/C17H27N3/c1-13-8-15(3)16(9-14(13)2)12-19-4-6-20(7-5-19)17-10-18-11-17/h8-9,17-18H,4-7,10-12H2,1-3H3. The Morgan fingerprint density at radius 2 is 1.60 bits per heavy atom. The van der Waals surface area contributed by atoms with E-state index < -0.39 is 0 Å². The molecule has 1 N–H and O–H groups in total. The molecule has 2 fully saturated rings. The summed E-state index contributed by atoms with van der Waals surface area (Å²) in [6.45, 7) is 15.1. The lowest BCUT2D eigenvalue weighted by Crippen LogP contribution is -2.61. The van der Waals surface area contributed by atoms with Crippen LogP contribution in [-0.2, 0) is 6.54 Å². The van der Waals surface area contributed by atoms with Crippen molar-refractivity contribution in [2.24, 2.45) is 0 Å². The number of hydrogen-bond acceptors (Lipinski definition) is 3. The van der Waals surface area contributed by atoms with Crippen LogP contribution in [0.3, 0.4) is 0 Å². The Morgan fingerprint density at radius 3 is 2.20 bits per heavy atom. The monoisotopic (exact) mass is 273 g/mol. The summed E-state index contributed by atoms with van der Waals surface area (Å²) in [7, 11) is 0. The molecule has 1 aromatic rings. The van der Waals surface area contributed by atoms with E-state index in [0.29, 0.717) is 0 Å². The first kappa shape index (κ1) is 14.1. The number of benzene rings is 1. The number of piperazine rings is 1. The predicted octanol–water partition coefficient (Wildman–Crippen LogP) is 1.70. The Labute approximate surface area is 123 Å². The third-order valence-electron chi connectivity index (χ3n) is 5.03. The van der Waals surface area contributed by atoms with Gasteiger partial charge in [-0.3, -0.25) is 9.80 Å². The molecular formula is C17H27N3. The fourth-order valence-electron chi connectivity index (χ4n) is 3.25. The first-order chi connectivity index (χ1) is 9.63. The van der Waals surface area contributed by atoms with Gasteiger partial charge in [-0.1, -0.05) is 12.1 Å². The highest BCUT2D eigenvalue weighted by Crippen LogP contribution is 2.18. The largest absolute Gasteiger partial charge is 0.314 e. The number of rotatable bonds is 3. The average Bonchev–Trinajstić information content (AvgIpc) is 2.36. The molecule has 3 heteroatoms. The van der Waals surface area contributed by atoms with Crippen LogP contribution < -0.4 is 5.32 Å². The Morgan fingerprint density at radius 1 is 0.950 bits per heavy atom. The first-order valence-corrected chi connectivity index (χ1v) is 7.87. The molecule has 2 saturated heterocycles. The maximum absolute atomic E-state index is 3.37. The number of nitrogens with one attached hydrogen (secondary N) is 1. The molecule has 3 rings (SSSR count). The molecule has 2 aliphatic heterocycles. The molecule has 3 nitrogen and oxygen atoms in total. The summed E-state index contributed by atoms with van der Waals surface area (Å²) in [4.78, 5) is 5.26. The Bertz CT molecular complexity index is 471. The normalized spacial score (nSPS) is 21.9. The van der Waals surface area contributed by atoms with Crippen LogP contribution in [0.1, 0.15) is 22.3 Å². The summed E-state index contributed by atoms with van der Waals surface area (Å²) in [5.41, 5.74) is 5.78. The molecule has 0 bridgehead atoms. The van der Waals surface area contributed by atoms with Gasteiger partial charge in [-0.05, 0) is 43.0 Å².